The number of hydrogen-bond donors (Lipinski definition) is 0. The summed E-state index contributed by atoms with van der Waals surface area (Å²) in [6, 6.07) is 7.48. The second kappa shape index (κ2) is 4.99. The molecule has 0 aromatic heterocycles. The van der Waals surface area contributed by atoms with Gasteiger partial charge in [-0.2, -0.15) is 0 Å². The van der Waals surface area contributed by atoms with Crippen molar-refractivity contribution in [1.82, 2.24) is 0 Å². The zero-order valence-corrected chi connectivity index (χ0v) is 9.81. The number of para-hydroxylation sites is 1. The number of nitrogens with zero attached hydrogens (tertiary/aromatic N) is 1. The molecule has 17 heavy (non-hydrogen) atoms. The first-order valence-corrected chi connectivity index (χ1v) is 5.67. The van der Waals surface area contributed by atoms with Gasteiger partial charge in [-0.05, 0) is 18.1 Å². The third-order valence-corrected chi connectivity index (χ3v) is 2.92. The van der Waals surface area contributed by atoms with Crippen LogP contribution in [0.2, 0.25) is 0 Å². The van der Waals surface area contributed by atoms with E-state index < -0.39 is 0 Å². The summed E-state index contributed by atoms with van der Waals surface area (Å²) in [7, 11) is 1.37. The number of carbonyl (C=O) groups excluding carboxylic acids is 2. The standard InChI is InChI=1S/C13H15NO3/c1-17-13(16)9-10-5-2-3-6-11(10)14-8-4-7-12(14)15/h2-3,5-6H,4,7-9H2,1H3. The van der Waals surface area contributed by atoms with Crippen molar-refractivity contribution in [3.05, 3.63) is 29.8 Å². The molecule has 1 aromatic carbocycles. The molecule has 0 saturated carbocycles. The molecule has 4 heteroatoms. The lowest BCUT2D eigenvalue weighted by Crippen LogP contribution is -2.25. The van der Waals surface area contributed by atoms with Gasteiger partial charge in [-0.25, -0.2) is 0 Å². The summed E-state index contributed by atoms with van der Waals surface area (Å²) in [4.78, 5) is 24.7. The van der Waals surface area contributed by atoms with Gasteiger partial charge in [0, 0.05) is 18.7 Å². The third kappa shape index (κ3) is 2.46. The largest absolute Gasteiger partial charge is 0.469 e. The SMILES string of the molecule is COC(=O)Cc1ccccc1N1CCCC1=O. The highest BCUT2D eigenvalue weighted by Crippen LogP contribution is 2.25. The number of rotatable bonds is 3. The van der Waals surface area contributed by atoms with Crippen LogP contribution >= 0.6 is 0 Å². The molecule has 1 heterocycles. The van der Waals surface area contributed by atoms with Crippen molar-refractivity contribution >= 4 is 17.6 Å². The smallest absolute Gasteiger partial charge is 0.310 e. The van der Waals surface area contributed by atoms with Gasteiger partial charge in [0.1, 0.15) is 0 Å². The minimum Gasteiger partial charge on any atom is -0.469 e. The normalized spacial score (nSPS) is 15.1. The van der Waals surface area contributed by atoms with E-state index in [1.165, 1.54) is 7.11 Å². The topological polar surface area (TPSA) is 46.6 Å². The summed E-state index contributed by atoms with van der Waals surface area (Å²) in [5.41, 5.74) is 1.68. The molecule has 1 aliphatic heterocycles. The number of esters is 1. The summed E-state index contributed by atoms with van der Waals surface area (Å²) in [5, 5.41) is 0. The van der Waals surface area contributed by atoms with E-state index in [0.717, 1.165) is 24.2 Å². The summed E-state index contributed by atoms with van der Waals surface area (Å²) in [6.45, 7) is 0.733. The van der Waals surface area contributed by atoms with Crippen molar-refractivity contribution in [3.8, 4) is 0 Å². The lowest BCUT2D eigenvalue weighted by atomic mass is 10.1. The van der Waals surface area contributed by atoms with E-state index in [-0.39, 0.29) is 18.3 Å². The molecular formula is C13H15NO3. The summed E-state index contributed by atoms with van der Waals surface area (Å²) in [5.74, 6) is -0.161. The van der Waals surface area contributed by atoms with Gasteiger partial charge in [0.05, 0.1) is 13.5 Å². The van der Waals surface area contributed by atoms with E-state index in [4.69, 9.17) is 0 Å². The second-order valence-electron chi connectivity index (χ2n) is 4.03. The lowest BCUT2D eigenvalue weighted by molar-refractivity contribution is -0.139. The Labute approximate surface area is 100 Å². The van der Waals surface area contributed by atoms with Crippen molar-refractivity contribution < 1.29 is 14.3 Å². The average Bonchev–Trinajstić information content (AvgIpc) is 2.76. The molecule has 1 amide bonds. The van der Waals surface area contributed by atoms with Crippen molar-refractivity contribution in [2.75, 3.05) is 18.6 Å². The quantitative estimate of drug-likeness (QED) is 0.744. The van der Waals surface area contributed by atoms with Crippen LogP contribution in [-0.4, -0.2) is 25.5 Å². The van der Waals surface area contributed by atoms with Crippen molar-refractivity contribution in [2.24, 2.45) is 0 Å². The minimum atomic E-state index is -0.288. The minimum absolute atomic E-state index is 0.127. The fourth-order valence-corrected chi connectivity index (χ4v) is 2.05. The van der Waals surface area contributed by atoms with Crippen LogP contribution in [0.15, 0.2) is 24.3 Å². The zero-order valence-electron chi connectivity index (χ0n) is 9.81. The first-order chi connectivity index (χ1) is 8.22. The average molecular weight is 233 g/mol. The molecule has 0 N–H and O–H groups in total. The molecule has 0 bridgehead atoms. The second-order valence-corrected chi connectivity index (χ2v) is 4.03. The predicted octanol–water partition coefficient (Wildman–Crippen LogP) is 1.53. The van der Waals surface area contributed by atoms with E-state index in [1.807, 2.05) is 24.3 Å². The number of ether oxygens (including phenoxy) is 1. The van der Waals surface area contributed by atoms with E-state index >= 15 is 0 Å². The zero-order chi connectivity index (χ0) is 12.3. The van der Waals surface area contributed by atoms with E-state index in [1.54, 1.807) is 4.90 Å². The molecule has 0 aliphatic carbocycles. The van der Waals surface area contributed by atoms with Gasteiger partial charge >= 0.3 is 5.97 Å². The Bertz CT molecular complexity index is 442. The number of hydrogen-bond acceptors (Lipinski definition) is 3. The molecule has 0 radical (unpaired) electrons. The number of methoxy groups -OCH3 is 1. The van der Waals surface area contributed by atoms with Gasteiger partial charge in [-0.15, -0.1) is 0 Å². The number of benzene rings is 1. The van der Waals surface area contributed by atoms with Gasteiger partial charge < -0.3 is 9.64 Å². The number of amides is 1. The van der Waals surface area contributed by atoms with Crippen molar-refractivity contribution in [3.63, 3.8) is 0 Å². The van der Waals surface area contributed by atoms with Crippen LogP contribution in [-0.2, 0) is 20.7 Å². The molecule has 4 nitrogen and oxygen atoms in total. The van der Waals surface area contributed by atoms with Gasteiger partial charge in [-0.3, -0.25) is 9.59 Å². The van der Waals surface area contributed by atoms with Crippen LogP contribution in [0.3, 0.4) is 0 Å². The highest BCUT2D eigenvalue weighted by Gasteiger charge is 2.24. The number of anilines is 1. The van der Waals surface area contributed by atoms with Crippen LogP contribution in [0.4, 0.5) is 5.69 Å². The van der Waals surface area contributed by atoms with Gasteiger partial charge in [0.2, 0.25) is 5.91 Å². The van der Waals surface area contributed by atoms with Gasteiger partial charge in [0.25, 0.3) is 0 Å². The molecule has 2 rings (SSSR count). The molecular weight excluding hydrogens is 218 g/mol. The van der Waals surface area contributed by atoms with Crippen LogP contribution in [0.5, 0.6) is 0 Å². The Morgan fingerprint density at radius 3 is 2.82 bits per heavy atom. The highest BCUT2D eigenvalue weighted by molar-refractivity contribution is 5.96. The molecule has 90 valence electrons. The third-order valence-electron chi connectivity index (χ3n) is 2.92. The van der Waals surface area contributed by atoms with Crippen LogP contribution < -0.4 is 4.90 Å². The van der Waals surface area contributed by atoms with Gasteiger partial charge in [0.15, 0.2) is 0 Å². The maximum absolute atomic E-state index is 11.7. The highest BCUT2D eigenvalue weighted by atomic mass is 16.5. The molecule has 1 aromatic rings. The fraction of sp³-hybridized carbons (Fsp3) is 0.385. The Balaban J connectivity index is 2.27. The van der Waals surface area contributed by atoms with Crippen LogP contribution in [0, 0.1) is 0 Å². The van der Waals surface area contributed by atoms with Crippen molar-refractivity contribution in [2.45, 2.75) is 19.3 Å². The van der Waals surface area contributed by atoms with Crippen LogP contribution in [0.1, 0.15) is 18.4 Å². The maximum Gasteiger partial charge on any atom is 0.310 e. The predicted molar refractivity (Wildman–Crippen MR) is 63.7 cm³/mol. The first kappa shape index (κ1) is 11.6. The van der Waals surface area contributed by atoms with Crippen LogP contribution in [0.25, 0.3) is 0 Å². The Hall–Kier alpha value is -1.84. The fourth-order valence-electron chi connectivity index (χ4n) is 2.05. The molecule has 1 saturated heterocycles. The lowest BCUT2D eigenvalue weighted by Gasteiger charge is -2.19. The molecule has 0 spiro atoms. The molecule has 1 aliphatic rings. The Morgan fingerprint density at radius 1 is 1.41 bits per heavy atom. The molecule has 0 unspecified atom stereocenters. The van der Waals surface area contributed by atoms with Gasteiger partial charge in [-0.1, -0.05) is 18.2 Å². The van der Waals surface area contributed by atoms with Crippen molar-refractivity contribution in [1.29, 1.82) is 0 Å². The Kier molecular flexibility index (Phi) is 3.42. The maximum atomic E-state index is 11.7. The number of carbonyl (C=O) groups is 2. The van der Waals surface area contributed by atoms with E-state index in [9.17, 15) is 9.59 Å². The summed E-state index contributed by atoms with van der Waals surface area (Å²) >= 11 is 0. The molecule has 1 fully saturated rings. The molecule has 0 atom stereocenters. The summed E-state index contributed by atoms with van der Waals surface area (Å²) in [6.07, 6.45) is 1.68. The van der Waals surface area contributed by atoms with E-state index in [2.05, 4.69) is 4.74 Å². The first-order valence-electron chi connectivity index (χ1n) is 5.67. The monoisotopic (exact) mass is 233 g/mol. The van der Waals surface area contributed by atoms with E-state index in [0.29, 0.717) is 6.42 Å². The summed E-state index contributed by atoms with van der Waals surface area (Å²) < 4.78 is 4.66. The Morgan fingerprint density at radius 2 is 2.18 bits per heavy atom.